The number of carbonyl (C=O) groups is 1. The number of carbonyl (C=O) groups excluding carboxylic acids is 1. The second-order valence-electron chi connectivity index (χ2n) is 7.54. The number of nitrogens with zero attached hydrogens (tertiary/aromatic N) is 4. The van der Waals surface area contributed by atoms with E-state index >= 15 is 0 Å². The van der Waals surface area contributed by atoms with Gasteiger partial charge in [0.25, 0.3) is 0 Å². The molecule has 1 aliphatic carbocycles. The molecule has 0 radical (unpaired) electrons. The van der Waals surface area contributed by atoms with Gasteiger partial charge in [0.05, 0.1) is 12.2 Å². The summed E-state index contributed by atoms with van der Waals surface area (Å²) in [6.07, 6.45) is 3.62. The molecular formula is C18H28N4O2. The van der Waals surface area contributed by atoms with Crippen LogP contribution in [0.3, 0.4) is 0 Å². The van der Waals surface area contributed by atoms with Crippen LogP contribution in [0.5, 0.6) is 0 Å². The van der Waals surface area contributed by atoms with Gasteiger partial charge in [-0.05, 0) is 46.2 Å². The van der Waals surface area contributed by atoms with Crippen molar-refractivity contribution in [3.63, 3.8) is 0 Å². The van der Waals surface area contributed by atoms with E-state index < -0.39 is 0 Å². The highest BCUT2D eigenvalue weighted by Crippen LogP contribution is 2.39. The van der Waals surface area contributed by atoms with Crippen molar-refractivity contribution in [1.29, 1.82) is 0 Å². The Hall–Kier alpha value is -1.69. The fourth-order valence-electron chi connectivity index (χ4n) is 3.69. The number of ether oxygens (including phenoxy) is 1. The molecule has 0 bridgehead atoms. The molecule has 1 saturated carbocycles. The standard InChI is InChI=1S/C18H28N4O2/c1-12(2)15-14-16(20-13(3)19-15)22(9-10-24-17(14)23)11-18(21(4)5)7-6-8-18/h12H,6-11H2,1-5H3. The van der Waals surface area contributed by atoms with Gasteiger partial charge in [-0.15, -0.1) is 0 Å². The lowest BCUT2D eigenvalue weighted by Crippen LogP contribution is -2.57. The van der Waals surface area contributed by atoms with Crippen LogP contribution in [0.2, 0.25) is 0 Å². The van der Waals surface area contributed by atoms with Crippen molar-refractivity contribution in [1.82, 2.24) is 14.9 Å². The van der Waals surface area contributed by atoms with Gasteiger partial charge >= 0.3 is 5.97 Å². The summed E-state index contributed by atoms with van der Waals surface area (Å²) in [6.45, 7) is 7.95. The predicted molar refractivity (Wildman–Crippen MR) is 93.6 cm³/mol. The first-order valence-corrected chi connectivity index (χ1v) is 8.82. The van der Waals surface area contributed by atoms with Gasteiger partial charge in [-0.25, -0.2) is 14.8 Å². The molecule has 0 saturated heterocycles. The zero-order chi connectivity index (χ0) is 17.5. The van der Waals surface area contributed by atoms with E-state index in [2.05, 4.69) is 47.7 Å². The lowest BCUT2D eigenvalue weighted by atomic mass is 9.75. The summed E-state index contributed by atoms with van der Waals surface area (Å²) in [5, 5.41) is 0. The van der Waals surface area contributed by atoms with E-state index in [9.17, 15) is 4.79 Å². The Morgan fingerprint density at radius 1 is 1.29 bits per heavy atom. The number of cyclic esters (lactones) is 1. The Balaban J connectivity index is 2.05. The number of aromatic nitrogens is 2. The van der Waals surface area contributed by atoms with Crippen molar-refractivity contribution >= 4 is 11.8 Å². The van der Waals surface area contributed by atoms with E-state index in [-0.39, 0.29) is 17.4 Å². The van der Waals surface area contributed by atoms with Gasteiger partial charge < -0.3 is 14.5 Å². The molecule has 0 unspecified atom stereocenters. The SMILES string of the molecule is Cc1nc(C(C)C)c2c(n1)N(CC1(N(C)C)CCC1)CCOC2=O. The number of likely N-dealkylation sites (N-methyl/N-ethyl adjacent to an activating group) is 1. The molecule has 1 aromatic rings. The summed E-state index contributed by atoms with van der Waals surface area (Å²) in [5.74, 6) is 1.33. The fourth-order valence-corrected chi connectivity index (χ4v) is 3.69. The lowest BCUT2D eigenvalue weighted by Gasteiger charge is -2.50. The number of fused-ring (bicyclic) bond motifs is 1. The Bertz CT molecular complexity index is 638. The van der Waals surface area contributed by atoms with Crippen molar-refractivity contribution < 1.29 is 9.53 Å². The van der Waals surface area contributed by atoms with Crippen LogP contribution in [0.25, 0.3) is 0 Å². The van der Waals surface area contributed by atoms with Crippen LogP contribution in [0.4, 0.5) is 5.82 Å². The average molecular weight is 332 g/mol. The van der Waals surface area contributed by atoms with Crippen LogP contribution >= 0.6 is 0 Å². The maximum absolute atomic E-state index is 12.5. The van der Waals surface area contributed by atoms with Crippen LogP contribution in [-0.4, -0.2) is 60.2 Å². The molecule has 2 aliphatic rings. The van der Waals surface area contributed by atoms with Crippen LogP contribution in [-0.2, 0) is 4.74 Å². The zero-order valence-corrected chi connectivity index (χ0v) is 15.4. The maximum Gasteiger partial charge on any atom is 0.343 e. The first-order valence-electron chi connectivity index (χ1n) is 8.82. The van der Waals surface area contributed by atoms with Crippen LogP contribution < -0.4 is 4.90 Å². The third-order valence-corrected chi connectivity index (χ3v) is 5.39. The van der Waals surface area contributed by atoms with Gasteiger partial charge in [-0.2, -0.15) is 0 Å². The Labute approximate surface area is 144 Å². The minimum absolute atomic E-state index is 0.152. The molecule has 0 atom stereocenters. The summed E-state index contributed by atoms with van der Waals surface area (Å²) in [4.78, 5) is 26.3. The smallest absolute Gasteiger partial charge is 0.343 e. The summed E-state index contributed by atoms with van der Waals surface area (Å²) >= 11 is 0. The van der Waals surface area contributed by atoms with E-state index in [1.54, 1.807) is 0 Å². The molecule has 0 N–H and O–H groups in total. The van der Waals surface area contributed by atoms with Crippen LogP contribution in [0.1, 0.15) is 60.9 Å². The maximum atomic E-state index is 12.5. The quantitative estimate of drug-likeness (QED) is 0.789. The second kappa shape index (κ2) is 6.31. The summed E-state index contributed by atoms with van der Waals surface area (Å²) in [6, 6.07) is 0. The van der Waals surface area contributed by atoms with Crippen LogP contribution in [0, 0.1) is 6.92 Å². The van der Waals surface area contributed by atoms with E-state index in [4.69, 9.17) is 4.74 Å². The minimum atomic E-state index is -0.288. The molecule has 6 nitrogen and oxygen atoms in total. The molecule has 0 amide bonds. The van der Waals surface area contributed by atoms with Crippen molar-refractivity contribution in [2.45, 2.75) is 51.5 Å². The van der Waals surface area contributed by atoms with Gasteiger partial charge in [0.2, 0.25) is 0 Å². The predicted octanol–water partition coefficient (Wildman–Crippen LogP) is 2.37. The van der Waals surface area contributed by atoms with Crippen molar-refractivity contribution in [2.75, 3.05) is 38.7 Å². The molecule has 132 valence electrons. The molecule has 0 spiro atoms. The highest BCUT2D eigenvalue weighted by atomic mass is 16.5. The summed E-state index contributed by atoms with van der Waals surface area (Å²) in [7, 11) is 4.29. The zero-order valence-electron chi connectivity index (χ0n) is 15.4. The highest BCUT2D eigenvalue weighted by molar-refractivity contribution is 5.96. The first-order chi connectivity index (χ1) is 11.3. The third-order valence-electron chi connectivity index (χ3n) is 5.39. The van der Waals surface area contributed by atoms with Crippen LogP contribution in [0.15, 0.2) is 0 Å². The van der Waals surface area contributed by atoms with E-state index in [1.165, 1.54) is 19.3 Å². The Morgan fingerprint density at radius 3 is 2.54 bits per heavy atom. The Kier molecular flexibility index (Phi) is 4.51. The molecule has 24 heavy (non-hydrogen) atoms. The van der Waals surface area contributed by atoms with E-state index in [0.29, 0.717) is 24.5 Å². The highest BCUT2D eigenvalue weighted by Gasteiger charge is 2.42. The fraction of sp³-hybridized carbons (Fsp3) is 0.722. The number of aryl methyl sites for hydroxylation is 1. The Morgan fingerprint density at radius 2 is 2.00 bits per heavy atom. The molecular weight excluding hydrogens is 304 g/mol. The first kappa shape index (κ1) is 17.1. The normalized spacial score (nSPS) is 19.8. The minimum Gasteiger partial charge on any atom is -0.460 e. The van der Waals surface area contributed by atoms with Crippen molar-refractivity contribution in [3.8, 4) is 0 Å². The van der Waals surface area contributed by atoms with Gasteiger partial charge in [-0.1, -0.05) is 13.8 Å². The molecule has 6 heteroatoms. The summed E-state index contributed by atoms with van der Waals surface area (Å²) < 4.78 is 5.44. The number of rotatable bonds is 4. The average Bonchev–Trinajstić information content (AvgIpc) is 2.61. The molecule has 2 heterocycles. The number of hydrogen-bond acceptors (Lipinski definition) is 6. The van der Waals surface area contributed by atoms with E-state index in [1.807, 2.05) is 6.92 Å². The molecule has 0 aromatic carbocycles. The molecule has 1 aliphatic heterocycles. The molecule has 1 fully saturated rings. The number of anilines is 1. The topological polar surface area (TPSA) is 58.6 Å². The number of hydrogen-bond donors (Lipinski definition) is 0. The van der Waals surface area contributed by atoms with E-state index in [0.717, 1.165) is 18.1 Å². The third kappa shape index (κ3) is 2.88. The van der Waals surface area contributed by atoms with Crippen molar-refractivity contribution in [2.24, 2.45) is 0 Å². The molecule has 3 rings (SSSR count). The second-order valence-corrected chi connectivity index (χ2v) is 7.54. The van der Waals surface area contributed by atoms with Gasteiger partial charge in [0, 0.05) is 12.1 Å². The largest absolute Gasteiger partial charge is 0.460 e. The monoisotopic (exact) mass is 332 g/mol. The summed E-state index contributed by atoms with van der Waals surface area (Å²) in [5.41, 5.74) is 1.52. The van der Waals surface area contributed by atoms with Gasteiger partial charge in [-0.3, -0.25) is 0 Å². The molecule has 1 aromatic heterocycles. The van der Waals surface area contributed by atoms with Crippen molar-refractivity contribution in [3.05, 3.63) is 17.1 Å². The number of esters is 1. The van der Waals surface area contributed by atoms with Gasteiger partial charge in [0.15, 0.2) is 0 Å². The van der Waals surface area contributed by atoms with Gasteiger partial charge in [0.1, 0.15) is 23.8 Å². The lowest BCUT2D eigenvalue weighted by molar-refractivity contribution is 0.0511.